The summed E-state index contributed by atoms with van der Waals surface area (Å²) < 4.78 is 0. The van der Waals surface area contributed by atoms with E-state index in [-0.39, 0.29) is 5.37 Å². The fourth-order valence-corrected chi connectivity index (χ4v) is 1.60. The molecule has 1 aliphatic rings. The van der Waals surface area contributed by atoms with Crippen LogP contribution >= 0.6 is 12.6 Å². The largest absolute Gasteiger partial charge is 0.319 e. The van der Waals surface area contributed by atoms with Crippen LogP contribution in [0.25, 0.3) is 0 Å². The Hall–Kier alpha value is 0.310. The molecule has 48 valence electrons. The highest BCUT2D eigenvalue weighted by Crippen LogP contribution is 2.27. The third-order valence-corrected chi connectivity index (χ3v) is 2.30. The van der Waals surface area contributed by atoms with Gasteiger partial charge in [-0.2, -0.15) is 12.6 Å². The highest BCUT2D eigenvalue weighted by molar-refractivity contribution is 7.80. The Labute approximate surface area is 56.1 Å². The number of hydrogen-bond donors (Lipinski definition) is 2. The van der Waals surface area contributed by atoms with Crippen LogP contribution in [0.1, 0.15) is 25.7 Å². The Bertz CT molecular complexity index is 66.9. The Morgan fingerprint density at radius 2 is 1.88 bits per heavy atom. The van der Waals surface area contributed by atoms with Crippen molar-refractivity contribution in [1.82, 2.24) is 0 Å². The predicted octanol–water partition coefficient (Wildman–Crippen LogP) is 1.39. The monoisotopic (exact) mass is 131 g/mol. The van der Waals surface area contributed by atoms with Crippen molar-refractivity contribution in [3.05, 3.63) is 0 Å². The molecule has 1 saturated carbocycles. The Morgan fingerprint density at radius 1 is 1.38 bits per heavy atom. The van der Waals surface area contributed by atoms with E-state index < -0.39 is 0 Å². The second-order valence-corrected chi connectivity index (χ2v) is 3.13. The zero-order valence-electron chi connectivity index (χ0n) is 5.01. The summed E-state index contributed by atoms with van der Waals surface area (Å²) >= 11 is 4.17. The maximum absolute atomic E-state index is 5.56. The summed E-state index contributed by atoms with van der Waals surface area (Å²) in [6.07, 6.45) is 5.31. The highest BCUT2D eigenvalue weighted by atomic mass is 32.1. The quantitative estimate of drug-likeness (QED) is 0.408. The van der Waals surface area contributed by atoms with Crippen molar-refractivity contribution in [2.24, 2.45) is 11.7 Å². The number of nitrogens with two attached hydrogens (primary N) is 1. The van der Waals surface area contributed by atoms with Crippen LogP contribution in [-0.2, 0) is 0 Å². The number of rotatable bonds is 1. The average molecular weight is 131 g/mol. The first-order valence-corrected chi connectivity index (χ1v) is 3.76. The Balaban J connectivity index is 2.24. The zero-order valence-corrected chi connectivity index (χ0v) is 5.90. The van der Waals surface area contributed by atoms with Crippen molar-refractivity contribution in [1.29, 1.82) is 0 Å². The molecule has 1 fully saturated rings. The first-order valence-electron chi connectivity index (χ1n) is 3.24. The van der Waals surface area contributed by atoms with Crippen LogP contribution in [0.4, 0.5) is 0 Å². The predicted molar refractivity (Wildman–Crippen MR) is 38.9 cm³/mol. The summed E-state index contributed by atoms with van der Waals surface area (Å²) in [5, 5.41) is 0.137. The van der Waals surface area contributed by atoms with Gasteiger partial charge in [-0.1, -0.05) is 12.8 Å². The van der Waals surface area contributed by atoms with Crippen LogP contribution in [0.5, 0.6) is 0 Å². The lowest BCUT2D eigenvalue weighted by Crippen LogP contribution is -2.21. The van der Waals surface area contributed by atoms with Gasteiger partial charge in [0.1, 0.15) is 0 Å². The topological polar surface area (TPSA) is 26.0 Å². The minimum atomic E-state index is 0.137. The summed E-state index contributed by atoms with van der Waals surface area (Å²) in [7, 11) is 0. The molecule has 2 N–H and O–H groups in total. The maximum atomic E-state index is 5.56. The second-order valence-electron chi connectivity index (χ2n) is 2.54. The molecule has 0 heterocycles. The van der Waals surface area contributed by atoms with Gasteiger partial charge in [-0.15, -0.1) is 0 Å². The fourth-order valence-electron chi connectivity index (χ4n) is 1.30. The minimum Gasteiger partial charge on any atom is -0.319 e. The molecule has 8 heavy (non-hydrogen) atoms. The maximum Gasteiger partial charge on any atom is 0.0505 e. The smallest absolute Gasteiger partial charge is 0.0505 e. The highest BCUT2D eigenvalue weighted by Gasteiger charge is 2.18. The molecule has 0 bridgehead atoms. The summed E-state index contributed by atoms with van der Waals surface area (Å²) in [6, 6.07) is 0. The van der Waals surface area contributed by atoms with Gasteiger partial charge < -0.3 is 5.73 Å². The van der Waals surface area contributed by atoms with Gasteiger partial charge in [0.15, 0.2) is 0 Å². The van der Waals surface area contributed by atoms with Gasteiger partial charge in [-0.25, -0.2) is 0 Å². The van der Waals surface area contributed by atoms with Crippen molar-refractivity contribution in [3.8, 4) is 0 Å². The number of thiol groups is 1. The molecule has 2 heteroatoms. The van der Waals surface area contributed by atoms with Gasteiger partial charge in [0, 0.05) is 0 Å². The standard InChI is InChI=1S/C6H13NS/c7-6(8)5-3-1-2-4-5/h5-6,8H,1-4,7H2. The molecular weight excluding hydrogens is 118 g/mol. The second kappa shape index (κ2) is 2.74. The summed E-state index contributed by atoms with van der Waals surface area (Å²) in [4.78, 5) is 0. The van der Waals surface area contributed by atoms with E-state index in [2.05, 4.69) is 12.6 Å². The summed E-state index contributed by atoms with van der Waals surface area (Å²) in [5.74, 6) is 0.707. The first kappa shape index (κ1) is 6.43. The minimum absolute atomic E-state index is 0.137. The number of hydrogen-bond acceptors (Lipinski definition) is 2. The summed E-state index contributed by atoms with van der Waals surface area (Å²) in [5.41, 5.74) is 5.56. The fraction of sp³-hybridized carbons (Fsp3) is 1.00. The molecule has 0 aromatic rings. The molecule has 0 spiro atoms. The molecule has 0 radical (unpaired) electrons. The zero-order chi connectivity index (χ0) is 5.98. The van der Waals surface area contributed by atoms with E-state index in [1.165, 1.54) is 25.7 Å². The lowest BCUT2D eigenvalue weighted by molar-refractivity contribution is 0.534. The van der Waals surface area contributed by atoms with Crippen LogP contribution in [0.3, 0.4) is 0 Å². The van der Waals surface area contributed by atoms with E-state index in [1.807, 2.05) is 0 Å². The van der Waals surface area contributed by atoms with Crippen LogP contribution in [0.2, 0.25) is 0 Å². The molecule has 1 rings (SSSR count). The van der Waals surface area contributed by atoms with Gasteiger partial charge in [0.2, 0.25) is 0 Å². The molecule has 0 amide bonds. The Morgan fingerprint density at radius 3 is 2.12 bits per heavy atom. The average Bonchev–Trinajstić information content (AvgIpc) is 2.12. The SMILES string of the molecule is NC(S)C1CCCC1. The third kappa shape index (κ3) is 1.39. The van der Waals surface area contributed by atoms with Crippen molar-refractivity contribution < 1.29 is 0 Å². The van der Waals surface area contributed by atoms with Crippen LogP contribution in [0.15, 0.2) is 0 Å². The Kier molecular flexibility index (Phi) is 2.20. The van der Waals surface area contributed by atoms with Gasteiger partial charge in [-0.05, 0) is 18.8 Å². The van der Waals surface area contributed by atoms with Gasteiger partial charge in [0.25, 0.3) is 0 Å². The van der Waals surface area contributed by atoms with Gasteiger partial charge in [-0.3, -0.25) is 0 Å². The molecule has 1 atom stereocenters. The molecular formula is C6H13NS. The van der Waals surface area contributed by atoms with E-state index in [1.54, 1.807) is 0 Å². The van der Waals surface area contributed by atoms with Crippen LogP contribution < -0.4 is 5.73 Å². The van der Waals surface area contributed by atoms with Crippen molar-refractivity contribution >= 4 is 12.6 Å². The lowest BCUT2D eigenvalue weighted by atomic mass is 10.1. The molecule has 1 nitrogen and oxygen atoms in total. The van der Waals surface area contributed by atoms with E-state index >= 15 is 0 Å². The molecule has 0 aromatic heterocycles. The van der Waals surface area contributed by atoms with E-state index in [9.17, 15) is 0 Å². The normalized spacial score (nSPS) is 26.2. The first-order chi connectivity index (χ1) is 3.80. The van der Waals surface area contributed by atoms with Crippen LogP contribution in [-0.4, -0.2) is 5.37 Å². The van der Waals surface area contributed by atoms with Crippen molar-refractivity contribution in [2.45, 2.75) is 31.1 Å². The van der Waals surface area contributed by atoms with E-state index in [0.717, 1.165) is 0 Å². The summed E-state index contributed by atoms with van der Waals surface area (Å²) in [6.45, 7) is 0. The van der Waals surface area contributed by atoms with E-state index in [4.69, 9.17) is 5.73 Å². The molecule has 1 unspecified atom stereocenters. The molecule has 0 saturated heterocycles. The van der Waals surface area contributed by atoms with E-state index in [0.29, 0.717) is 5.92 Å². The lowest BCUT2D eigenvalue weighted by Gasteiger charge is -2.10. The van der Waals surface area contributed by atoms with Crippen molar-refractivity contribution in [3.63, 3.8) is 0 Å². The molecule has 1 aliphatic carbocycles. The van der Waals surface area contributed by atoms with Gasteiger partial charge >= 0.3 is 0 Å². The molecule has 0 aromatic carbocycles. The van der Waals surface area contributed by atoms with Crippen molar-refractivity contribution in [2.75, 3.05) is 0 Å². The molecule has 0 aliphatic heterocycles. The third-order valence-electron chi connectivity index (χ3n) is 1.88. The van der Waals surface area contributed by atoms with Gasteiger partial charge in [0.05, 0.1) is 5.37 Å². The van der Waals surface area contributed by atoms with Crippen LogP contribution in [0, 0.1) is 5.92 Å².